The molecule has 0 radical (unpaired) electrons. The lowest BCUT2D eigenvalue weighted by Crippen LogP contribution is -2.40. The summed E-state index contributed by atoms with van der Waals surface area (Å²) >= 11 is 6.14. The quantitative estimate of drug-likeness (QED) is 0.361. The molecule has 0 atom stereocenters. The number of hydrogen-bond donors (Lipinski definition) is 1. The Labute approximate surface area is 127 Å². The molecule has 0 saturated heterocycles. The summed E-state index contributed by atoms with van der Waals surface area (Å²) in [6, 6.07) is 7.94. The maximum atomic E-state index is 6.14. The summed E-state index contributed by atoms with van der Waals surface area (Å²) in [7, 11) is 3.86. The van der Waals surface area contributed by atoms with E-state index in [0.29, 0.717) is 0 Å². The molecule has 3 nitrogen and oxygen atoms in total. The Morgan fingerprint density at radius 2 is 2.20 bits per heavy atom. The van der Waals surface area contributed by atoms with Crippen molar-refractivity contribution in [3.63, 3.8) is 0 Å². The van der Waals surface area contributed by atoms with E-state index in [1.807, 2.05) is 38.4 Å². The Bertz CT molecular complexity index is 443. The molecule has 110 valence electrons. The average molecular weight is 294 g/mol. The molecule has 1 aromatic carbocycles. The van der Waals surface area contributed by atoms with Gasteiger partial charge in [0.05, 0.1) is 0 Å². The van der Waals surface area contributed by atoms with Crippen molar-refractivity contribution in [2.45, 2.75) is 19.3 Å². The molecule has 20 heavy (non-hydrogen) atoms. The lowest BCUT2D eigenvalue weighted by molar-refractivity contribution is 0.470. The Hall–Kier alpha value is -1.48. The molecule has 0 aliphatic carbocycles. The first-order valence-corrected chi connectivity index (χ1v) is 7.33. The van der Waals surface area contributed by atoms with Crippen LogP contribution in [0.15, 0.2) is 41.9 Å². The second kappa shape index (κ2) is 9.43. The third kappa shape index (κ3) is 5.66. The zero-order valence-electron chi connectivity index (χ0n) is 12.4. The second-order valence-electron chi connectivity index (χ2n) is 4.67. The summed E-state index contributed by atoms with van der Waals surface area (Å²) in [6.45, 7) is 5.53. The Kier molecular flexibility index (Phi) is 7.81. The van der Waals surface area contributed by atoms with Gasteiger partial charge in [0.15, 0.2) is 5.96 Å². The highest BCUT2D eigenvalue weighted by Crippen LogP contribution is 2.14. The van der Waals surface area contributed by atoms with Crippen LogP contribution in [0.1, 0.15) is 18.4 Å². The molecular formula is C16H24ClN3. The summed E-state index contributed by atoms with van der Waals surface area (Å²) in [5.74, 6) is 0.918. The summed E-state index contributed by atoms with van der Waals surface area (Å²) in [6.07, 6.45) is 4.95. The Morgan fingerprint density at radius 3 is 2.85 bits per heavy atom. The van der Waals surface area contributed by atoms with Crippen LogP contribution in [0.5, 0.6) is 0 Å². The van der Waals surface area contributed by atoms with E-state index in [0.717, 1.165) is 48.9 Å². The zero-order valence-corrected chi connectivity index (χ0v) is 13.2. The molecule has 1 rings (SSSR count). The van der Waals surface area contributed by atoms with Crippen LogP contribution in [-0.4, -0.2) is 38.0 Å². The minimum Gasteiger partial charge on any atom is -0.356 e. The highest BCUT2D eigenvalue weighted by molar-refractivity contribution is 6.31. The Morgan fingerprint density at radius 1 is 1.45 bits per heavy atom. The SMILES string of the molecule is C=CCCCN(C)C(=NC)NCCc1ccccc1Cl. The van der Waals surface area contributed by atoms with E-state index in [9.17, 15) is 0 Å². The molecule has 0 spiro atoms. The van der Waals surface area contributed by atoms with E-state index < -0.39 is 0 Å². The number of halogens is 1. The van der Waals surface area contributed by atoms with Crippen LogP contribution in [0.4, 0.5) is 0 Å². The van der Waals surface area contributed by atoms with Gasteiger partial charge in [0.1, 0.15) is 0 Å². The number of aliphatic imine (C=N–C) groups is 1. The number of rotatable bonds is 7. The largest absolute Gasteiger partial charge is 0.356 e. The van der Waals surface area contributed by atoms with Gasteiger partial charge in [0.2, 0.25) is 0 Å². The number of benzene rings is 1. The van der Waals surface area contributed by atoms with E-state index in [1.165, 1.54) is 0 Å². The first kappa shape index (κ1) is 16.6. The number of allylic oxidation sites excluding steroid dienone is 1. The molecule has 0 aromatic heterocycles. The summed E-state index contributed by atoms with van der Waals surface area (Å²) < 4.78 is 0. The minimum atomic E-state index is 0.822. The van der Waals surface area contributed by atoms with Crippen molar-refractivity contribution in [2.75, 3.05) is 27.2 Å². The molecule has 0 bridgehead atoms. The molecule has 0 aliphatic heterocycles. The standard InChI is InChI=1S/C16H24ClN3/c1-4-5-8-13-20(3)16(18-2)19-12-11-14-9-6-7-10-15(14)17/h4,6-7,9-10H,1,5,8,11-13H2,2-3H3,(H,18,19). The van der Waals surface area contributed by atoms with Crippen molar-refractivity contribution < 1.29 is 0 Å². The molecule has 0 amide bonds. The molecule has 0 fully saturated rings. The summed E-state index contributed by atoms with van der Waals surface area (Å²) in [5, 5.41) is 4.19. The van der Waals surface area contributed by atoms with Crippen LogP contribution in [-0.2, 0) is 6.42 Å². The molecule has 0 heterocycles. The fourth-order valence-corrected chi connectivity index (χ4v) is 2.20. The van der Waals surface area contributed by atoms with Crippen LogP contribution in [0.25, 0.3) is 0 Å². The number of nitrogens with one attached hydrogen (secondary N) is 1. The van der Waals surface area contributed by atoms with Crippen LogP contribution in [0.2, 0.25) is 5.02 Å². The third-order valence-electron chi connectivity index (χ3n) is 3.11. The van der Waals surface area contributed by atoms with E-state index in [2.05, 4.69) is 27.9 Å². The molecule has 4 heteroatoms. The molecule has 0 saturated carbocycles. The number of hydrogen-bond acceptors (Lipinski definition) is 1. The minimum absolute atomic E-state index is 0.822. The highest BCUT2D eigenvalue weighted by atomic mass is 35.5. The first-order valence-electron chi connectivity index (χ1n) is 6.95. The Balaban J connectivity index is 2.38. The van der Waals surface area contributed by atoms with Crippen molar-refractivity contribution in [1.82, 2.24) is 10.2 Å². The normalized spacial score (nSPS) is 11.2. The van der Waals surface area contributed by atoms with Gasteiger partial charge in [-0.15, -0.1) is 6.58 Å². The molecular weight excluding hydrogens is 270 g/mol. The monoisotopic (exact) mass is 293 g/mol. The molecule has 1 N–H and O–H groups in total. The van der Waals surface area contributed by atoms with Crippen molar-refractivity contribution >= 4 is 17.6 Å². The lowest BCUT2D eigenvalue weighted by atomic mass is 10.1. The van der Waals surface area contributed by atoms with Gasteiger partial charge in [0, 0.05) is 32.2 Å². The van der Waals surface area contributed by atoms with Crippen molar-refractivity contribution in [2.24, 2.45) is 4.99 Å². The van der Waals surface area contributed by atoms with Gasteiger partial charge < -0.3 is 10.2 Å². The van der Waals surface area contributed by atoms with Crippen molar-refractivity contribution in [3.8, 4) is 0 Å². The zero-order chi connectivity index (χ0) is 14.8. The molecule has 0 aliphatic rings. The van der Waals surface area contributed by atoms with Gasteiger partial charge in [-0.25, -0.2) is 0 Å². The van der Waals surface area contributed by atoms with Crippen LogP contribution in [0.3, 0.4) is 0 Å². The topological polar surface area (TPSA) is 27.6 Å². The predicted molar refractivity (Wildman–Crippen MR) is 88.6 cm³/mol. The van der Waals surface area contributed by atoms with Gasteiger partial charge in [0.25, 0.3) is 0 Å². The van der Waals surface area contributed by atoms with Gasteiger partial charge in [-0.2, -0.15) is 0 Å². The smallest absolute Gasteiger partial charge is 0.193 e. The van der Waals surface area contributed by atoms with E-state index in [4.69, 9.17) is 11.6 Å². The maximum absolute atomic E-state index is 6.14. The van der Waals surface area contributed by atoms with Crippen molar-refractivity contribution in [1.29, 1.82) is 0 Å². The number of unbranched alkanes of at least 4 members (excludes halogenated alkanes) is 1. The van der Waals surface area contributed by atoms with E-state index in [1.54, 1.807) is 0 Å². The molecule has 1 aromatic rings. The first-order chi connectivity index (χ1) is 9.69. The second-order valence-corrected chi connectivity index (χ2v) is 5.08. The number of nitrogens with zero attached hydrogens (tertiary/aromatic N) is 2. The third-order valence-corrected chi connectivity index (χ3v) is 3.48. The van der Waals surface area contributed by atoms with Gasteiger partial charge >= 0.3 is 0 Å². The molecule has 0 unspecified atom stereocenters. The van der Waals surface area contributed by atoms with E-state index >= 15 is 0 Å². The highest BCUT2D eigenvalue weighted by Gasteiger charge is 2.05. The average Bonchev–Trinajstić information content (AvgIpc) is 2.45. The van der Waals surface area contributed by atoms with Gasteiger partial charge in [-0.1, -0.05) is 35.9 Å². The summed E-state index contributed by atoms with van der Waals surface area (Å²) in [5.41, 5.74) is 1.16. The van der Waals surface area contributed by atoms with Crippen LogP contribution in [0, 0.1) is 0 Å². The van der Waals surface area contributed by atoms with Gasteiger partial charge in [-0.3, -0.25) is 4.99 Å². The number of guanidine groups is 1. The van der Waals surface area contributed by atoms with Crippen molar-refractivity contribution in [3.05, 3.63) is 47.5 Å². The fourth-order valence-electron chi connectivity index (χ4n) is 1.97. The van der Waals surface area contributed by atoms with Crippen LogP contribution >= 0.6 is 11.6 Å². The maximum Gasteiger partial charge on any atom is 0.193 e. The fraction of sp³-hybridized carbons (Fsp3) is 0.438. The predicted octanol–water partition coefficient (Wildman–Crippen LogP) is 3.36. The lowest BCUT2D eigenvalue weighted by Gasteiger charge is -2.21. The summed E-state index contributed by atoms with van der Waals surface area (Å²) in [4.78, 5) is 6.43. The van der Waals surface area contributed by atoms with E-state index in [-0.39, 0.29) is 0 Å². The van der Waals surface area contributed by atoms with Gasteiger partial charge in [-0.05, 0) is 30.9 Å². The van der Waals surface area contributed by atoms with Crippen LogP contribution < -0.4 is 5.32 Å².